The summed E-state index contributed by atoms with van der Waals surface area (Å²) in [5.74, 6) is 5.79. The van der Waals surface area contributed by atoms with E-state index in [9.17, 15) is 0 Å². The van der Waals surface area contributed by atoms with E-state index in [2.05, 4.69) is 38.3 Å². The number of ether oxygens (including phenoxy) is 1. The van der Waals surface area contributed by atoms with E-state index in [0.717, 1.165) is 87.7 Å². The summed E-state index contributed by atoms with van der Waals surface area (Å²) in [6, 6.07) is 0. The van der Waals surface area contributed by atoms with Crippen molar-refractivity contribution >= 4 is 0 Å². The van der Waals surface area contributed by atoms with Gasteiger partial charge in [-0.3, -0.25) is 0 Å². The molecule has 0 radical (unpaired) electrons. The van der Waals surface area contributed by atoms with E-state index in [0.29, 0.717) is 16.9 Å². The van der Waals surface area contributed by atoms with Gasteiger partial charge in [-0.05, 0) is 169 Å². The van der Waals surface area contributed by atoms with Crippen molar-refractivity contribution in [3.05, 3.63) is 0 Å². The van der Waals surface area contributed by atoms with E-state index < -0.39 is 0 Å². The molecule has 240 valence electrons. The van der Waals surface area contributed by atoms with Gasteiger partial charge in [-0.2, -0.15) is 0 Å². The third-order valence-corrected chi connectivity index (χ3v) is 13.0. The summed E-state index contributed by atoms with van der Waals surface area (Å²) in [5, 5.41) is 7.14. The first-order valence-electron chi connectivity index (χ1n) is 18.6. The molecule has 0 aromatic carbocycles. The number of hydrogen-bond acceptors (Lipinski definition) is 4. The van der Waals surface area contributed by atoms with E-state index in [1.807, 2.05) is 0 Å². The molecule has 0 aromatic rings. The van der Waals surface area contributed by atoms with Crippen LogP contribution in [0.3, 0.4) is 0 Å². The van der Waals surface area contributed by atoms with Gasteiger partial charge in [0.2, 0.25) is 0 Å². The van der Waals surface area contributed by atoms with E-state index in [-0.39, 0.29) is 0 Å². The molecule has 0 spiro atoms. The zero-order chi connectivity index (χ0) is 29.1. The van der Waals surface area contributed by atoms with Crippen molar-refractivity contribution in [2.45, 2.75) is 149 Å². The minimum atomic E-state index is 0.506. The Hall–Kier alpha value is -0.160. The van der Waals surface area contributed by atoms with Gasteiger partial charge < -0.3 is 21.1 Å². The molecule has 0 amide bonds. The van der Waals surface area contributed by atoms with Crippen LogP contribution >= 0.6 is 0 Å². The summed E-state index contributed by atoms with van der Waals surface area (Å²) < 4.78 is 6.57. The Morgan fingerprint density at radius 1 is 0.756 bits per heavy atom. The lowest BCUT2D eigenvalue weighted by Gasteiger charge is -2.59. The van der Waals surface area contributed by atoms with Crippen molar-refractivity contribution in [2.75, 3.05) is 39.3 Å². The Bertz CT molecular complexity index is 729. The number of fused-ring (bicyclic) bond motifs is 5. The van der Waals surface area contributed by atoms with Crippen LogP contribution < -0.4 is 16.4 Å². The normalized spacial score (nSPS) is 37.0. The lowest BCUT2D eigenvalue weighted by molar-refractivity contribution is -0.104. The van der Waals surface area contributed by atoms with Crippen LogP contribution in [0, 0.1) is 46.3 Å². The van der Waals surface area contributed by atoms with Crippen molar-refractivity contribution in [1.82, 2.24) is 10.6 Å². The lowest BCUT2D eigenvalue weighted by Crippen LogP contribution is -2.51. The van der Waals surface area contributed by atoms with Crippen LogP contribution in [-0.4, -0.2) is 45.4 Å². The van der Waals surface area contributed by atoms with Crippen LogP contribution in [0.25, 0.3) is 0 Å². The van der Waals surface area contributed by atoms with Gasteiger partial charge in [-0.15, -0.1) is 0 Å². The molecule has 0 saturated heterocycles. The predicted octanol–water partition coefficient (Wildman–Crippen LogP) is 8.34. The van der Waals surface area contributed by atoms with Gasteiger partial charge in [-0.25, -0.2) is 0 Å². The minimum Gasteiger partial charge on any atom is -0.378 e. The maximum atomic E-state index is 6.57. The molecule has 4 saturated carbocycles. The molecular formula is C37H71N3O. The Morgan fingerprint density at radius 2 is 1.51 bits per heavy atom. The monoisotopic (exact) mass is 574 g/mol. The molecule has 4 aliphatic carbocycles. The van der Waals surface area contributed by atoms with E-state index in [4.69, 9.17) is 10.5 Å². The number of nitrogens with two attached hydrogens (primary N) is 1. The van der Waals surface area contributed by atoms with Gasteiger partial charge in [0.15, 0.2) is 0 Å². The second-order valence-electron chi connectivity index (χ2n) is 16.0. The third-order valence-electron chi connectivity index (χ3n) is 13.0. The minimum absolute atomic E-state index is 0.506. The summed E-state index contributed by atoms with van der Waals surface area (Å²) in [6.45, 7) is 16.4. The summed E-state index contributed by atoms with van der Waals surface area (Å²) >= 11 is 0. The van der Waals surface area contributed by atoms with Crippen LogP contribution in [-0.2, 0) is 4.74 Å². The van der Waals surface area contributed by atoms with Crippen molar-refractivity contribution in [1.29, 1.82) is 0 Å². The number of rotatable bonds is 18. The molecule has 8 atom stereocenters. The highest BCUT2D eigenvalue weighted by Crippen LogP contribution is 2.67. The van der Waals surface area contributed by atoms with E-state index in [1.54, 1.807) is 6.42 Å². The van der Waals surface area contributed by atoms with E-state index >= 15 is 0 Å². The van der Waals surface area contributed by atoms with Crippen molar-refractivity contribution in [3.8, 4) is 0 Å². The second-order valence-corrected chi connectivity index (χ2v) is 16.0. The number of nitrogens with one attached hydrogen (secondary N) is 2. The Balaban J connectivity index is 1.16. The molecule has 4 nitrogen and oxygen atoms in total. The first kappa shape index (κ1) is 33.7. The maximum absolute atomic E-state index is 6.57. The number of unbranched alkanes of at least 4 members (excludes halogenated alkanes) is 2. The SMILES string of the molecule is CC(C)CCCCC1CCC2C3CCC4CC(OCCCNCCCNCCCCN)CCCC4(C)C3CCC12C. The molecule has 4 N–H and O–H groups in total. The van der Waals surface area contributed by atoms with Gasteiger partial charge >= 0.3 is 0 Å². The zero-order valence-electron chi connectivity index (χ0n) is 28.0. The average molecular weight is 574 g/mol. The molecule has 41 heavy (non-hydrogen) atoms. The fourth-order valence-electron chi connectivity index (χ4n) is 10.6. The molecule has 8 unspecified atom stereocenters. The molecule has 4 fully saturated rings. The first-order chi connectivity index (χ1) is 19.9. The van der Waals surface area contributed by atoms with Crippen LogP contribution in [0.1, 0.15) is 143 Å². The molecule has 4 heteroatoms. The van der Waals surface area contributed by atoms with Crippen molar-refractivity contribution in [3.63, 3.8) is 0 Å². The van der Waals surface area contributed by atoms with Crippen LogP contribution in [0.4, 0.5) is 0 Å². The third kappa shape index (κ3) is 8.95. The Kier molecular flexibility index (Phi) is 13.8. The number of hydrogen-bond donors (Lipinski definition) is 3. The highest BCUT2D eigenvalue weighted by atomic mass is 16.5. The van der Waals surface area contributed by atoms with Crippen LogP contribution in [0.5, 0.6) is 0 Å². The standard InChI is InChI=1S/C37H71N3O/c1-29(2)12-5-6-13-30-16-18-34-33-17-15-31-28-32(14-9-20-36(31,3)35(33)19-21-37(30,34)4)41-27-11-26-40-25-10-24-39-23-8-7-22-38/h29-35,39-40H,5-28,38H2,1-4H3. The summed E-state index contributed by atoms with van der Waals surface area (Å²) in [7, 11) is 0. The molecular weight excluding hydrogens is 502 g/mol. The first-order valence-corrected chi connectivity index (χ1v) is 18.6. The van der Waals surface area contributed by atoms with Gasteiger partial charge in [0.05, 0.1) is 6.10 Å². The second kappa shape index (κ2) is 16.8. The quantitative estimate of drug-likeness (QED) is 0.144. The summed E-state index contributed by atoms with van der Waals surface area (Å²) in [5.41, 5.74) is 6.77. The topological polar surface area (TPSA) is 59.3 Å². The smallest absolute Gasteiger partial charge is 0.0578 e. The highest BCUT2D eigenvalue weighted by Gasteiger charge is 2.59. The van der Waals surface area contributed by atoms with Crippen LogP contribution in [0.2, 0.25) is 0 Å². The van der Waals surface area contributed by atoms with E-state index in [1.165, 1.54) is 96.3 Å². The fraction of sp³-hybridized carbons (Fsp3) is 1.00. The molecule has 0 aromatic heterocycles. The van der Waals surface area contributed by atoms with Gasteiger partial charge in [0.1, 0.15) is 0 Å². The zero-order valence-corrected chi connectivity index (χ0v) is 28.0. The van der Waals surface area contributed by atoms with Crippen molar-refractivity contribution in [2.24, 2.45) is 52.1 Å². The largest absolute Gasteiger partial charge is 0.378 e. The van der Waals surface area contributed by atoms with Gasteiger partial charge in [-0.1, -0.05) is 53.4 Å². The molecule has 0 heterocycles. The van der Waals surface area contributed by atoms with Gasteiger partial charge in [0, 0.05) is 6.61 Å². The molecule has 0 bridgehead atoms. The highest BCUT2D eigenvalue weighted by molar-refractivity contribution is 5.08. The predicted molar refractivity (Wildman–Crippen MR) is 176 cm³/mol. The molecule has 4 aliphatic rings. The summed E-state index contributed by atoms with van der Waals surface area (Å²) in [4.78, 5) is 0. The Labute approximate surface area is 255 Å². The van der Waals surface area contributed by atoms with Crippen molar-refractivity contribution < 1.29 is 4.74 Å². The molecule has 4 rings (SSSR count). The van der Waals surface area contributed by atoms with Gasteiger partial charge in [0.25, 0.3) is 0 Å². The summed E-state index contributed by atoms with van der Waals surface area (Å²) in [6.07, 6.45) is 25.6. The fourth-order valence-corrected chi connectivity index (χ4v) is 10.6. The Morgan fingerprint density at radius 3 is 2.29 bits per heavy atom. The molecule has 0 aliphatic heterocycles. The average Bonchev–Trinajstić information content (AvgIpc) is 3.18. The maximum Gasteiger partial charge on any atom is 0.0578 e. The lowest BCUT2D eigenvalue weighted by atomic mass is 9.46. The van der Waals surface area contributed by atoms with Crippen LogP contribution in [0.15, 0.2) is 0 Å².